The molecule has 0 radical (unpaired) electrons. The number of rotatable bonds is 3. The van der Waals surface area contributed by atoms with E-state index in [9.17, 15) is 0 Å². The van der Waals surface area contributed by atoms with Crippen molar-refractivity contribution in [3.63, 3.8) is 0 Å². The van der Waals surface area contributed by atoms with E-state index in [1.165, 1.54) is 11.1 Å². The second kappa shape index (κ2) is 6.51. The highest BCUT2D eigenvalue weighted by atomic mass is 32.1. The van der Waals surface area contributed by atoms with Crippen molar-refractivity contribution < 1.29 is 0 Å². The summed E-state index contributed by atoms with van der Waals surface area (Å²) in [4.78, 5) is 15.6. The Labute approximate surface area is 160 Å². The maximum atomic E-state index is 6.42. The van der Waals surface area contributed by atoms with Crippen molar-refractivity contribution >= 4 is 44.0 Å². The van der Waals surface area contributed by atoms with Crippen LogP contribution < -0.4 is 16.0 Å². The summed E-state index contributed by atoms with van der Waals surface area (Å²) in [7, 11) is 0. The lowest BCUT2D eigenvalue weighted by Crippen LogP contribution is -2.31. The fraction of sp³-hybridized carbons (Fsp3) is 0.150. The van der Waals surface area contributed by atoms with Gasteiger partial charge in [0, 0.05) is 13.1 Å². The molecule has 6 nitrogen and oxygen atoms in total. The number of nitrogens with one attached hydrogen (secondary N) is 1. The minimum Gasteiger partial charge on any atom is -0.393 e. The van der Waals surface area contributed by atoms with Gasteiger partial charge in [0.1, 0.15) is 12.0 Å². The molecule has 2 aromatic carbocycles. The number of benzene rings is 2. The molecule has 0 amide bonds. The standard InChI is InChI=1S/C20H18N6S/c21-17-18(25-20-24-15-7-3-4-8-16(15)27-20)22-12-23-19(17)26-10-9-13-5-1-2-6-14(13)11-26/h1-8,12H,9-11,21H2,(H,22,23,24,25). The van der Waals surface area contributed by atoms with Crippen molar-refractivity contribution in [1.29, 1.82) is 0 Å². The molecular formula is C20H18N6S. The van der Waals surface area contributed by atoms with E-state index in [2.05, 4.69) is 55.5 Å². The first-order chi connectivity index (χ1) is 13.3. The van der Waals surface area contributed by atoms with Crippen molar-refractivity contribution in [2.75, 3.05) is 22.5 Å². The van der Waals surface area contributed by atoms with E-state index < -0.39 is 0 Å². The lowest BCUT2D eigenvalue weighted by atomic mass is 10.00. The van der Waals surface area contributed by atoms with E-state index in [-0.39, 0.29) is 0 Å². The molecule has 0 bridgehead atoms. The molecule has 1 aliphatic heterocycles. The summed E-state index contributed by atoms with van der Waals surface area (Å²) in [6.45, 7) is 1.69. The van der Waals surface area contributed by atoms with Crippen LogP contribution in [-0.4, -0.2) is 21.5 Å². The van der Waals surface area contributed by atoms with Crippen molar-refractivity contribution in [3.8, 4) is 0 Å². The largest absolute Gasteiger partial charge is 0.393 e. The number of nitrogen functional groups attached to an aromatic ring is 1. The van der Waals surface area contributed by atoms with Gasteiger partial charge in [-0.15, -0.1) is 0 Å². The van der Waals surface area contributed by atoms with Gasteiger partial charge in [-0.3, -0.25) is 0 Å². The van der Waals surface area contributed by atoms with Crippen LogP contribution >= 0.6 is 11.3 Å². The van der Waals surface area contributed by atoms with Crippen molar-refractivity contribution in [2.24, 2.45) is 0 Å². The monoisotopic (exact) mass is 374 g/mol. The molecule has 1 aliphatic rings. The molecule has 0 atom stereocenters. The number of nitrogens with zero attached hydrogens (tertiary/aromatic N) is 4. The Morgan fingerprint density at radius 1 is 1.00 bits per heavy atom. The summed E-state index contributed by atoms with van der Waals surface area (Å²) in [6.07, 6.45) is 2.54. The van der Waals surface area contributed by atoms with Gasteiger partial charge in [0.05, 0.1) is 10.2 Å². The topological polar surface area (TPSA) is 80.0 Å². The average Bonchev–Trinajstić information content (AvgIpc) is 3.12. The van der Waals surface area contributed by atoms with Crippen LogP contribution in [0, 0.1) is 0 Å². The normalized spacial score (nSPS) is 13.6. The number of nitrogens with two attached hydrogens (primary N) is 1. The Bertz CT molecular complexity index is 1090. The summed E-state index contributed by atoms with van der Waals surface area (Å²) in [5.74, 6) is 1.36. The minimum atomic E-state index is 0.552. The number of fused-ring (bicyclic) bond motifs is 2. The van der Waals surface area contributed by atoms with E-state index in [0.717, 1.165) is 40.7 Å². The van der Waals surface area contributed by atoms with Gasteiger partial charge in [-0.25, -0.2) is 15.0 Å². The fourth-order valence-corrected chi connectivity index (χ4v) is 4.31. The number of hydrogen-bond acceptors (Lipinski definition) is 7. The van der Waals surface area contributed by atoms with E-state index in [1.54, 1.807) is 17.7 Å². The predicted molar refractivity (Wildman–Crippen MR) is 111 cm³/mol. The molecule has 27 heavy (non-hydrogen) atoms. The third-order valence-electron chi connectivity index (χ3n) is 4.81. The van der Waals surface area contributed by atoms with E-state index in [4.69, 9.17) is 5.73 Å². The van der Waals surface area contributed by atoms with Crippen molar-refractivity contribution in [2.45, 2.75) is 13.0 Å². The average molecular weight is 374 g/mol. The smallest absolute Gasteiger partial charge is 0.189 e. The van der Waals surface area contributed by atoms with Crippen LogP contribution in [0.2, 0.25) is 0 Å². The van der Waals surface area contributed by atoms with Crippen LogP contribution in [0.15, 0.2) is 54.9 Å². The van der Waals surface area contributed by atoms with Gasteiger partial charge < -0.3 is 16.0 Å². The van der Waals surface area contributed by atoms with Crippen LogP contribution in [0.1, 0.15) is 11.1 Å². The van der Waals surface area contributed by atoms with Gasteiger partial charge in [0.2, 0.25) is 0 Å². The lowest BCUT2D eigenvalue weighted by molar-refractivity contribution is 0.721. The first-order valence-corrected chi connectivity index (χ1v) is 9.64. The molecule has 0 aliphatic carbocycles. The number of aromatic nitrogens is 3. The summed E-state index contributed by atoms with van der Waals surface area (Å²) in [5.41, 5.74) is 10.7. The second-order valence-corrected chi connectivity index (χ2v) is 7.54. The lowest BCUT2D eigenvalue weighted by Gasteiger charge is -2.30. The maximum absolute atomic E-state index is 6.42. The molecule has 7 heteroatoms. The molecule has 134 valence electrons. The number of thiazole rings is 1. The molecular weight excluding hydrogens is 356 g/mol. The molecule has 4 aromatic rings. The van der Waals surface area contributed by atoms with Crippen LogP contribution in [0.4, 0.5) is 22.5 Å². The summed E-state index contributed by atoms with van der Waals surface area (Å²) < 4.78 is 1.13. The molecule has 0 saturated carbocycles. The Balaban J connectivity index is 1.44. The number of para-hydroxylation sites is 1. The molecule has 3 heterocycles. The van der Waals surface area contributed by atoms with E-state index >= 15 is 0 Å². The third kappa shape index (κ3) is 2.96. The van der Waals surface area contributed by atoms with Gasteiger partial charge in [-0.1, -0.05) is 47.7 Å². The van der Waals surface area contributed by atoms with Crippen molar-refractivity contribution in [1.82, 2.24) is 15.0 Å². The Morgan fingerprint density at radius 2 is 1.81 bits per heavy atom. The van der Waals surface area contributed by atoms with Gasteiger partial charge >= 0.3 is 0 Å². The summed E-state index contributed by atoms with van der Waals surface area (Å²) in [5, 5.41) is 4.04. The van der Waals surface area contributed by atoms with Gasteiger partial charge in [-0.05, 0) is 29.7 Å². The Morgan fingerprint density at radius 3 is 2.70 bits per heavy atom. The Hall–Kier alpha value is -3.19. The number of anilines is 4. The highest BCUT2D eigenvalue weighted by molar-refractivity contribution is 7.22. The zero-order chi connectivity index (χ0) is 18.2. The molecule has 3 N–H and O–H groups in total. The number of hydrogen-bond donors (Lipinski definition) is 2. The zero-order valence-corrected chi connectivity index (χ0v) is 15.4. The SMILES string of the molecule is Nc1c(Nc2nc3ccccc3s2)ncnc1N1CCc2ccccc2C1. The summed E-state index contributed by atoms with van der Waals surface area (Å²) in [6, 6.07) is 16.6. The quantitative estimate of drug-likeness (QED) is 0.565. The zero-order valence-electron chi connectivity index (χ0n) is 14.6. The molecule has 0 unspecified atom stereocenters. The molecule has 2 aromatic heterocycles. The predicted octanol–water partition coefficient (Wildman–Crippen LogP) is 3.97. The van der Waals surface area contributed by atoms with Crippen LogP contribution in [0.3, 0.4) is 0 Å². The van der Waals surface area contributed by atoms with E-state index in [1.807, 2.05) is 18.2 Å². The molecule has 0 spiro atoms. The molecule has 0 fully saturated rings. The van der Waals surface area contributed by atoms with Gasteiger partial charge in [-0.2, -0.15) is 0 Å². The highest BCUT2D eigenvalue weighted by Crippen LogP contribution is 2.33. The highest BCUT2D eigenvalue weighted by Gasteiger charge is 2.21. The van der Waals surface area contributed by atoms with Crippen LogP contribution in [0.5, 0.6) is 0 Å². The minimum absolute atomic E-state index is 0.552. The molecule has 0 saturated heterocycles. The van der Waals surface area contributed by atoms with E-state index in [0.29, 0.717) is 11.5 Å². The first-order valence-electron chi connectivity index (χ1n) is 8.83. The van der Waals surface area contributed by atoms with Gasteiger partial charge in [0.15, 0.2) is 16.8 Å². The summed E-state index contributed by atoms with van der Waals surface area (Å²) >= 11 is 1.58. The van der Waals surface area contributed by atoms with Crippen molar-refractivity contribution in [3.05, 3.63) is 66.0 Å². The van der Waals surface area contributed by atoms with Crippen LogP contribution in [0.25, 0.3) is 10.2 Å². The second-order valence-electron chi connectivity index (χ2n) is 6.51. The first kappa shape index (κ1) is 16.0. The third-order valence-corrected chi connectivity index (χ3v) is 5.76. The van der Waals surface area contributed by atoms with Gasteiger partial charge in [0.25, 0.3) is 0 Å². The fourth-order valence-electron chi connectivity index (χ4n) is 3.44. The Kier molecular flexibility index (Phi) is 3.86. The van der Waals surface area contributed by atoms with Crippen LogP contribution in [-0.2, 0) is 13.0 Å². The molecule has 5 rings (SSSR count). The maximum Gasteiger partial charge on any atom is 0.189 e.